The third-order valence-electron chi connectivity index (χ3n) is 6.62. The highest BCUT2D eigenvalue weighted by molar-refractivity contribution is 7.99. The Morgan fingerprint density at radius 1 is 0.538 bits per heavy atom. The van der Waals surface area contributed by atoms with Crippen LogP contribution in [0, 0.1) is 0 Å². The monoisotopic (exact) mass is 542 g/mol. The van der Waals surface area contributed by atoms with Gasteiger partial charge in [-0.1, -0.05) is 121 Å². The molecule has 4 aromatic rings. The number of thioether (sulfide) groups is 1. The molecule has 1 heterocycles. The number of hydrogen-bond donors (Lipinski definition) is 1. The standard InChI is InChI=1S/C33H34O5S/c34-21-29-30(35-22-25-13-5-1-6-14-25)31(36-23-26-15-7-2-8-16-26)32(37-24-27-17-9-3-10-18-27)33(38-29)39-28-19-11-4-12-20-28/h1-20,29-34H,21-24H2/t29?,30-,31?,32?,33-/m1/s1. The molecule has 1 fully saturated rings. The van der Waals surface area contributed by atoms with Crippen LogP contribution in [0.25, 0.3) is 0 Å². The van der Waals surface area contributed by atoms with E-state index in [4.69, 9.17) is 18.9 Å². The van der Waals surface area contributed by atoms with Gasteiger partial charge in [0.05, 0.1) is 26.4 Å². The second kappa shape index (κ2) is 14.4. The molecule has 0 aromatic heterocycles. The Labute approximate surface area is 234 Å². The van der Waals surface area contributed by atoms with Crippen LogP contribution in [0.4, 0.5) is 0 Å². The van der Waals surface area contributed by atoms with Crippen LogP contribution in [0.15, 0.2) is 126 Å². The molecule has 1 aliphatic heterocycles. The summed E-state index contributed by atoms with van der Waals surface area (Å²) in [6.45, 7) is 0.976. The summed E-state index contributed by atoms with van der Waals surface area (Å²) in [5, 5.41) is 10.4. The minimum absolute atomic E-state index is 0.193. The van der Waals surface area contributed by atoms with E-state index in [9.17, 15) is 5.11 Å². The number of aliphatic hydroxyl groups excluding tert-OH is 1. The van der Waals surface area contributed by atoms with Crippen LogP contribution >= 0.6 is 11.8 Å². The topological polar surface area (TPSA) is 57.2 Å². The Bertz CT molecular complexity index is 1230. The second-order valence-corrected chi connectivity index (χ2v) is 10.6. The fraction of sp³-hybridized carbons (Fsp3) is 0.273. The molecule has 39 heavy (non-hydrogen) atoms. The lowest BCUT2D eigenvalue weighted by Crippen LogP contribution is -2.60. The fourth-order valence-electron chi connectivity index (χ4n) is 4.62. The van der Waals surface area contributed by atoms with Crippen LogP contribution in [0.5, 0.6) is 0 Å². The van der Waals surface area contributed by atoms with Crippen LogP contribution in [-0.2, 0) is 38.8 Å². The number of rotatable bonds is 12. The molecular weight excluding hydrogens is 508 g/mol. The highest BCUT2D eigenvalue weighted by Crippen LogP contribution is 2.38. The molecule has 6 heteroatoms. The molecule has 0 radical (unpaired) electrons. The predicted octanol–water partition coefficient (Wildman–Crippen LogP) is 6.25. The zero-order valence-electron chi connectivity index (χ0n) is 21.8. The van der Waals surface area contributed by atoms with Crippen molar-refractivity contribution >= 4 is 11.8 Å². The lowest BCUT2D eigenvalue weighted by molar-refractivity contribution is -0.251. The van der Waals surface area contributed by atoms with Crippen molar-refractivity contribution in [3.05, 3.63) is 138 Å². The molecular formula is C33H34O5S. The van der Waals surface area contributed by atoms with Gasteiger partial charge >= 0.3 is 0 Å². The van der Waals surface area contributed by atoms with Crippen molar-refractivity contribution in [2.24, 2.45) is 0 Å². The molecule has 3 unspecified atom stereocenters. The summed E-state index contributed by atoms with van der Waals surface area (Å²) in [5.74, 6) is 0. The third kappa shape index (κ3) is 7.79. The van der Waals surface area contributed by atoms with Gasteiger partial charge in [-0.05, 0) is 28.8 Å². The van der Waals surface area contributed by atoms with E-state index in [1.165, 1.54) is 0 Å². The Hall–Kier alpha value is -2.97. The molecule has 0 aliphatic carbocycles. The van der Waals surface area contributed by atoms with Gasteiger partial charge in [-0.3, -0.25) is 0 Å². The van der Waals surface area contributed by atoms with Crippen molar-refractivity contribution in [2.45, 2.75) is 54.6 Å². The maximum absolute atomic E-state index is 10.4. The number of ether oxygens (including phenoxy) is 4. The molecule has 0 saturated carbocycles. The Morgan fingerprint density at radius 3 is 1.41 bits per heavy atom. The quantitative estimate of drug-likeness (QED) is 0.228. The van der Waals surface area contributed by atoms with E-state index in [2.05, 4.69) is 0 Å². The van der Waals surface area contributed by atoms with Gasteiger partial charge in [0, 0.05) is 4.90 Å². The normalized spacial score (nSPS) is 22.9. The van der Waals surface area contributed by atoms with E-state index in [1.807, 2.05) is 121 Å². The minimum Gasteiger partial charge on any atom is -0.394 e. The summed E-state index contributed by atoms with van der Waals surface area (Å²) in [6, 6.07) is 40.3. The van der Waals surface area contributed by atoms with E-state index >= 15 is 0 Å². The first-order chi connectivity index (χ1) is 19.3. The van der Waals surface area contributed by atoms with E-state index < -0.39 is 29.9 Å². The summed E-state index contributed by atoms with van der Waals surface area (Å²) in [7, 11) is 0. The lowest BCUT2D eigenvalue weighted by Gasteiger charge is -2.45. The van der Waals surface area contributed by atoms with Gasteiger partial charge in [0.1, 0.15) is 29.9 Å². The summed E-state index contributed by atoms with van der Waals surface area (Å²) in [6.07, 6.45) is -2.05. The average Bonchev–Trinajstić information content (AvgIpc) is 3.00. The van der Waals surface area contributed by atoms with Crippen molar-refractivity contribution < 1.29 is 24.1 Å². The molecule has 202 valence electrons. The van der Waals surface area contributed by atoms with Crippen molar-refractivity contribution in [1.82, 2.24) is 0 Å². The van der Waals surface area contributed by atoms with E-state index in [0.717, 1.165) is 21.6 Å². The van der Waals surface area contributed by atoms with Crippen LogP contribution in [0.1, 0.15) is 16.7 Å². The van der Waals surface area contributed by atoms with E-state index in [-0.39, 0.29) is 6.61 Å². The van der Waals surface area contributed by atoms with Crippen molar-refractivity contribution in [3.63, 3.8) is 0 Å². The van der Waals surface area contributed by atoms with Crippen LogP contribution in [-0.4, -0.2) is 41.6 Å². The minimum atomic E-state index is -0.577. The third-order valence-corrected chi connectivity index (χ3v) is 7.78. The summed E-state index contributed by atoms with van der Waals surface area (Å²) >= 11 is 1.57. The largest absolute Gasteiger partial charge is 0.394 e. The van der Waals surface area contributed by atoms with Gasteiger partial charge in [-0.2, -0.15) is 0 Å². The molecule has 1 aliphatic rings. The van der Waals surface area contributed by atoms with Gasteiger partial charge in [-0.15, -0.1) is 0 Å². The molecule has 5 rings (SSSR count). The number of hydrogen-bond acceptors (Lipinski definition) is 6. The number of benzene rings is 4. The van der Waals surface area contributed by atoms with Gasteiger partial charge in [0.2, 0.25) is 0 Å². The Balaban J connectivity index is 1.44. The van der Waals surface area contributed by atoms with Crippen molar-refractivity contribution in [3.8, 4) is 0 Å². The first kappa shape index (κ1) is 27.6. The SMILES string of the molecule is OCC1O[C@H](Sc2ccccc2)C(OCc2ccccc2)C(OCc2ccccc2)[C@@H]1OCc1ccccc1. The smallest absolute Gasteiger partial charge is 0.137 e. The zero-order chi connectivity index (χ0) is 26.7. The van der Waals surface area contributed by atoms with Crippen LogP contribution < -0.4 is 0 Å². The highest BCUT2D eigenvalue weighted by Gasteiger charge is 2.48. The predicted molar refractivity (Wildman–Crippen MR) is 153 cm³/mol. The summed E-state index contributed by atoms with van der Waals surface area (Å²) < 4.78 is 26.2. The van der Waals surface area contributed by atoms with Gasteiger partial charge in [0.15, 0.2) is 0 Å². The maximum Gasteiger partial charge on any atom is 0.137 e. The molecule has 0 bridgehead atoms. The first-order valence-electron chi connectivity index (χ1n) is 13.2. The highest BCUT2D eigenvalue weighted by atomic mass is 32.2. The first-order valence-corrected chi connectivity index (χ1v) is 14.1. The molecule has 4 aromatic carbocycles. The zero-order valence-corrected chi connectivity index (χ0v) is 22.6. The van der Waals surface area contributed by atoms with Gasteiger partial charge in [0.25, 0.3) is 0 Å². The Kier molecular flexibility index (Phi) is 10.2. The van der Waals surface area contributed by atoms with E-state index in [0.29, 0.717) is 19.8 Å². The molecule has 5 atom stereocenters. The lowest BCUT2D eigenvalue weighted by atomic mass is 9.99. The van der Waals surface area contributed by atoms with Crippen LogP contribution in [0.2, 0.25) is 0 Å². The van der Waals surface area contributed by atoms with Crippen molar-refractivity contribution in [1.29, 1.82) is 0 Å². The summed E-state index contributed by atoms with van der Waals surface area (Å²) in [4.78, 5) is 1.05. The van der Waals surface area contributed by atoms with Crippen LogP contribution in [0.3, 0.4) is 0 Å². The molecule has 1 saturated heterocycles. The second-order valence-electron chi connectivity index (χ2n) is 9.44. The number of aliphatic hydroxyl groups is 1. The van der Waals surface area contributed by atoms with Gasteiger partial charge < -0.3 is 24.1 Å². The fourth-order valence-corrected chi connectivity index (χ4v) is 5.77. The average molecular weight is 543 g/mol. The van der Waals surface area contributed by atoms with Crippen molar-refractivity contribution in [2.75, 3.05) is 6.61 Å². The molecule has 0 spiro atoms. The summed E-state index contributed by atoms with van der Waals surface area (Å²) in [5.41, 5.74) is 2.75. The molecule has 0 amide bonds. The van der Waals surface area contributed by atoms with Gasteiger partial charge in [-0.25, -0.2) is 0 Å². The molecule has 1 N–H and O–H groups in total. The maximum atomic E-state index is 10.4. The Morgan fingerprint density at radius 2 is 0.949 bits per heavy atom. The van der Waals surface area contributed by atoms with E-state index in [1.54, 1.807) is 11.8 Å². The molecule has 5 nitrogen and oxygen atoms in total.